The molecule has 2 rings (SSSR count). The van der Waals surface area contributed by atoms with Crippen molar-refractivity contribution in [2.24, 2.45) is 0 Å². The summed E-state index contributed by atoms with van der Waals surface area (Å²) in [6, 6.07) is 1.87. The van der Waals surface area contributed by atoms with E-state index in [1.165, 1.54) is 26.4 Å². The Bertz CT molecular complexity index is 387. The molecule has 2 heterocycles. The van der Waals surface area contributed by atoms with Crippen LogP contribution in [0.5, 0.6) is 0 Å². The summed E-state index contributed by atoms with van der Waals surface area (Å²) < 4.78 is 4.70. The molecule has 0 aromatic carbocycles. The van der Waals surface area contributed by atoms with Gasteiger partial charge in [-0.25, -0.2) is 0 Å². The van der Waals surface area contributed by atoms with Crippen molar-refractivity contribution in [1.82, 2.24) is 4.98 Å². The van der Waals surface area contributed by atoms with Crippen LogP contribution in [0.15, 0.2) is 12.3 Å². The van der Waals surface area contributed by atoms with Crippen molar-refractivity contribution in [3.8, 4) is 0 Å². The van der Waals surface area contributed by atoms with Gasteiger partial charge in [0, 0.05) is 19.3 Å². The van der Waals surface area contributed by atoms with Gasteiger partial charge in [0.05, 0.1) is 19.2 Å². The van der Waals surface area contributed by atoms with Gasteiger partial charge in [0.15, 0.2) is 0 Å². The molecule has 0 atom stereocenters. The Hall–Kier alpha value is -1.58. The van der Waals surface area contributed by atoms with Crippen LogP contribution in [0.1, 0.15) is 24.8 Å². The van der Waals surface area contributed by atoms with Crippen molar-refractivity contribution in [2.45, 2.75) is 25.7 Å². The van der Waals surface area contributed by atoms with Gasteiger partial charge in [-0.2, -0.15) is 0 Å². The number of piperidine rings is 1. The van der Waals surface area contributed by atoms with E-state index in [9.17, 15) is 4.79 Å². The number of aromatic nitrogens is 1. The molecule has 1 aliphatic rings. The number of anilines is 1. The zero-order chi connectivity index (χ0) is 12.1. The standard InChI is InChI=1S/C13H17N2O2/c1-17-13(16)9-11-5-6-14-10-12(11)15-7-3-2-4-8-15/h5-6H,2-4,7-9H2,1H3. The summed E-state index contributed by atoms with van der Waals surface area (Å²) in [7, 11) is 1.41. The van der Waals surface area contributed by atoms with Crippen LogP contribution < -0.4 is 4.90 Å². The first-order valence-corrected chi connectivity index (χ1v) is 5.98. The lowest BCUT2D eigenvalue weighted by Gasteiger charge is -2.29. The van der Waals surface area contributed by atoms with E-state index in [4.69, 9.17) is 4.74 Å². The molecule has 1 saturated heterocycles. The molecule has 0 unspecified atom stereocenters. The smallest absolute Gasteiger partial charge is 0.310 e. The Balaban J connectivity index is 2.17. The molecule has 1 aliphatic heterocycles. The molecule has 4 heteroatoms. The molecule has 0 amide bonds. The van der Waals surface area contributed by atoms with Gasteiger partial charge in [0.1, 0.15) is 6.20 Å². The minimum Gasteiger partial charge on any atom is -0.469 e. The highest BCUT2D eigenvalue weighted by molar-refractivity contribution is 5.75. The first-order chi connectivity index (χ1) is 8.31. The zero-order valence-electron chi connectivity index (χ0n) is 10.1. The lowest BCUT2D eigenvalue weighted by molar-refractivity contribution is -0.139. The van der Waals surface area contributed by atoms with Crippen LogP contribution in [0.4, 0.5) is 5.69 Å². The average Bonchev–Trinajstić information content (AvgIpc) is 2.40. The van der Waals surface area contributed by atoms with E-state index in [2.05, 4.69) is 16.1 Å². The quantitative estimate of drug-likeness (QED) is 0.743. The molecule has 0 saturated carbocycles. The zero-order valence-corrected chi connectivity index (χ0v) is 10.1. The highest BCUT2D eigenvalue weighted by Crippen LogP contribution is 2.23. The van der Waals surface area contributed by atoms with Crippen molar-refractivity contribution in [3.05, 3.63) is 24.0 Å². The Morgan fingerprint density at radius 3 is 2.94 bits per heavy atom. The molecular weight excluding hydrogens is 216 g/mol. The van der Waals surface area contributed by atoms with Gasteiger partial charge >= 0.3 is 5.97 Å². The summed E-state index contributed by atoms with van der Waals surface area (Å²) in [6.45, 7) is 2.05. The third-order valence-corrected chi connectivity index (χ3v) is 3.06. The Kier molecular flexibility index (Phi) is 3.96. The summed E-state index contributed by atoms with van der Waals surface area (Å²) in [6.07, 6.45) is 8.64. The minimum atomic E-state index is -0.220. The van der Waals surface area contributed by atoms with Gasteiger partial charge in [0.25, 0.3) is 0 Å². The lowest BCUT2D eigenvalue weighted by Crippen LogP contribution is -2.30. The Morgan fingerprint density at radius 1 is 1.47 bits per heavy atom. The van der Waals surface area contributed by atoms with Crippen LogP contribution in [-0.2, 0) is 16.0 Å². The monoisotopic (exact) mass is 233 g/mol. The first-order valence-electron chi connectivity index (χ1n) is 5.98. The van der Waals surface area contributed by atoms with Gasteiger partial charge in [0.2, 0.25) is 0 Å². The molecule has 4 nitrogen and oxygen atoms in total. The SMILES string of the molecule is COC(=O)Cc1ccn[c]c1N1CCCCC1. The van der Waals surface area contributed by atoms with E-state index >= 15 is 0 Å². The number of ether oxygens (including phenoxy) is 1. The largest absolute Gasteiger partial charge is 0.469 e. The molecule has 0 bridgehead atoms. The molecule has 0 aliphatic carbocycles. The van der Waals surface area contributed by atoms with Gasteiger partial charge in [-0.3, -0.25) is 9.78 Å². The number of nitrogens with zero attached hydrogens (tertiary/aromatic N) is 2. The van der Waals surface area contributed by atoms with Gasteiger partial charge in [-0.1, -0.05) is 0 Å². The maximum atomic E-state index is 11.3. The highest BCUT2D eigenvalue weighted by atomic mass is 16.5. The molecule has 1 radical (unpaired) electrons. The topological polar surface area (TPSA) is 42.4 Å². The van der Waals surface area contributed by atoms with E-state index in [0.717, 1.165) is 24.3 Å². The summed E-state index contributed by atoms with van der Waals surface area (Å²) in [5.41, 5.74) is 1.91. The van der Waals surface area contributed by atoms with Crippen LogP contribution in [0.25, 0.3) is 0 Å². The molecular formula is C13H17N2O2. The van der Waals surface area contributed by atoms with Crippen molar-refractivity contribution >= 4 is 11.7 Å². The van der Waals surface area contributed by atoms with E-state index < -0.39 is 0 Å². The van der Waals surface area contributed by atoms with Crippen LogP contribution in [0.2, 0.25) is 0 Å². The fourth-order valence-corrected chi connectivity index (χ4v) is 2.14. The molecule has 17 heavy (non-hydrogen) atoms. The predicted molar refractivity (Wildman–Crippen MR) is 64.9 cm³/mol. The summed E-state index contributed by atoms with van der Waals surface area (Å²) in [5, 5.41) is 0. The van der Waals surface area contributed by atoms with E-state index in [-0.39, 0.29) is 5.97 Å². The van der Waals surface area contributed by atoms with Crippen molar-refractivity contribution in [1.29, 1.82) is 0 Å². The maximum Gasteiger partial charge on any atom is 0.310 e. The molecule has 0 spiro atoms. The van der Waals surface area contributed by atoms with Crippen LogP contribution >= 0.6 is 0 Å². The molecule has 1 fully saturated rings. The van der Waals surface area contributed by atoms with Gasteiger partial charge < -0.3 is 9.64 Å². The third kappa shape index (κ3) is 2.96. The maximum absolute atomic E-state index is 11.3. The summed E-state index contributed by atoms with van der Waals surface area (Å²) in [5.74, 6) is -0.220. The van der Waals surface area contributed by atoms with Gasteiger partial charge in [-0.05, 0) is 30.9 Å². The third-order valence-electron chi connectivity index (χ3n) is 3.06. The lowest BCUT2D eigenvalue weighted by atomic mass is 10.1. The molecule has 1 aromatic rings. The number of esters is 1. The number of pyridine rings is 1. The van der Waals surface area contributed by atoms with Gasteiger partial charge in [-0.15, -0.1) is 0 Å². The number of rotatable bonds is 3. The molecule has 1 aromatic heterocycles. The second-order valence-corrected chi connectivity index (χ2v) is 4.23. The van der Waals surface area contributed by atoms with Crippen LogP contribution in [0, 0.1) is 6.20 Å². The van der Waals surface area contributed by atoms with E-state index in [0.29, 0.717) is 6.42 Å². The number of carbonyl (C=O) groups excluding carboxylic acids is 1. The summed E-state index contributed by atoms with van der Waals surface area (Å²) >= 11 is 0. The second kappa shape index (κ2) is 5.66. The average molecular weight is 233 g/mol. The fraction of sp³-hybridized carbons (Fsp3) is 0.538. The predicted octanol–water partition coefficient (Wildman–Crippen LogP) is 1.59. The van der Waals surface area contributed by atoms with Crippen LogP contribution in [0.3, 0.4) is 0 Å². The normalized spacial score (nSPS) is 15.7. The number of hydrogen-bond acceptors (Lipinski definition) is 4. The second-order valence-electron chi connectivity index (χ2n) is 4.23. The Labute approximate surface area is 102 Å². The van der Waals surface area contributed by atoms with E-state index in [1.807, 2.05) is 6.07 Å². The minimum absolute atomic E-state index is 0.220. The molecule has 0 N–H and O–H groups in total. The Morgan fingerprint density at radius 2 is 2.24 bits per heavy atom. The first kappa shape index (κ1) is 11.9. The summed E-state index contributed by atoms with van der Waals surface area (Å²) in [4.78, 5) is 17.6. The van der Waals surface area contributed by atoms with E-state index in [1.54, 1.807) is 6.20 Å². The van der Waals surface area contributed by atoms with Crippen molar-refractivity contribution in [3.63, 3.8) is 0 Å². The number of carbonyl (C=O) groups is 1. The van der Waals surface area contributed by atoms with Crippen LogP contribution in [-0.4, -0.2) is 31.2 Å². The fourth-order valence-electron chi connectivity index (χ4n) is 2.14. The van der Waals surface area contributed by atoms with Crippen molar-refractivity contribution in [2.75, 3.05) is 25.1 Å². The number of methoxy groups -OCH3 is 1. The number of hydrogen-bond donors (Lipinski definition) is 0. The van der Waals surface area contributed by atoms with Crippen molar-refractivity contribution < 1.29 is 9.53 Å². The molecule has 91 valence electrons. The highest BCUT2D eigenvalue weighted by Gasteiger charge is 2.16.